The Labute approximate surface area is 146 Å². The molecule has 0 saturated carbocycles. The number of benzene rings is 2. The Hall–Kier alpha value is -2.62. The van der Waals surface area contributed by atoms with Crippen molar-refractivity contribution in [2.24, 2.45) is 5.10 Å². The zero-order chi connectivity index (χ0) is 19.5. The van der Waals surface area contributed by atoms with Crippen molar-refractivity contribution in [2.45, 2.75) is 33.3 Å². The fourth-order valence-corrected chi connectivity index (χ4v) is 2.02. The molecule has 0 bridgehead atoms. The van der Waals surface area contributed by atoms with E-state index in [0.29, 0.717) is 5.01 Å². The highest BCUT2D eigenvalue weighted by molar-refractivity contribution is 5.90. The van der Waals surface area contributed by atoms with Crippen LogP contribution in [-0.2, 0) is 4.74 Å². The van der Waals surface area contributed by atoms with Gasteiger partial charge < -0.3 is 4.74 Å². The molecule has 0 radical (unpaired) electrons. The minimum atomic E-state index is -2.17. The first kappa shape index (κ1) is 14.9. The van der Waals surface area contributed by atoms with E-state index in [0.717, 1.165) is 16.3 Å². The molecule has 0 aromatic heterocycles. The molecule has 0 fully saturated rings. The summed E-state index contributed by atoms with van der Waals surface area (Å²) in [5, 5.41) is 6.89. The lowest BCUT2D eigenvalue weighted by atomic mass is 10.1. The number of hydrogen-bond donors (Lipinski definition) is 0. The van der Waals surface area contributed by atoms with E-state index in [1.807, 2.05) is 42.5 Å². The molecule has 4 heteroatoms. The molecule has 2 rings (SSSR count). The Balaban J connectivity index is 2.36. The number of rotatable bonds is 4. The number of ether oxygens (including phenoxy) is 1. The SMILES string of the molecule is [2H]C([2H])(C(=C)C)N(/N=C/c1ccc2ccccc2c1)C(=O)OC(C)(C)C. The fourth-order valence-electron chi connectivity index (χ4n) is 2.02. The summed E-state index contributed by atoms with van der Waals surface area (Å²) in [5.41, 5.74) is 0.132. The molecule has 0 N–H and O–H groups in total. The molecule has 2 aromatic carbocycles. The first-order valence-corrected chi connectivity index (χ1v) is 7.73. The van der Waals surface area contributed by atoms with Crippen molar-refractivity contribution in [3.8, 4) is 0 Å². The standard InChI is InChI=1S/C20H24N2O2/c1-15(2)14-22(19(23)24-20(3,4)5)21-13-16-10-11-17-8-6-7-9-18(17)12-16/h6-13H,1,14H2,2-5H3/b21-13+/i14D2. The van der Waals surface area contributed by atoms with E-state index in [9.17, 15) is 4.79 Å². The summed E-state index contributed by atoms with van der Waals surface area (Å²) in [6.07, 6.45) is 0.569. The van der Waals surface area contributed by atoms with Gasteiger partial charge in [-0.1, -0.05) is 48.6 Å². The van der Waals surface area contributed by atoms with Gasteiger partial charge in [0.05, 0.1) is 15.5 Å². The first-order chi connectivity index (χ1) is 12.0. The maximum absolute atomic E-state index is 12.5. The first-order valence-electron chi connectivity index (χ1n) is 8.73. The molecular formula is C20H24N2O2. The van der Waals surface area contributed by atoms with Crippen LogP contribution in [0.2, 0.25) is 0 Å². The second kappa shape index (κ2) is 7.30. The Morgan fingerprint density at radius 3 is 2.58 bits per heavy atom. The van der Waals surface area contributed by atoms with Gasteiger partial charge >= 0.3 is 6.09 Å². The quantitative estimate of drug-likeness (QED) is 0.451. The van der Waals surface area contributed by atoms with E-state index in [2.05, 4.69) is 11.7 Å². The molecule has 2 aromatic rings. The fraction of sp³-hybridized carbons (Fsp3) is 0.300. The summed E-state index contributed by atoms with van der Waals surface area (Å²) in [7, 11) is 0. The maximum atomic E-state index is 12.5. The lowest BCUT2D eigenvalue weighted by Crippen LogP contribution is -2.34. The molecule has 0 atom stereocenters. The van der Waals surface area contributed by atoms with Gasteiger partial charge in [0.15, 0.2) is 0 Å². The highest BCUT2D eigenvalue weighted by Gasteiger charge is 2.21. The molecular weight excluding hydrogens is 300 g/mol. The van der Waals surface area contributed by atoms with Gasteiger partial charge in [-0.2, -0.15) is 10.1 Å². The van der Waals surface area contributed by atoms with Gasteiger partial charge in [-0.25, -0.2) is 4.79 Å². The number of fused-ring (bicyclic) bond motifs is 1. The number of hydrazone groups is 1. The van der Waals surface area contributed by atoms with Crippen LogP contribution in [0.5, 0.6) is 0 Å². The summed E-state index contributed by atoms with van der Waals surface area (Å²) in [5.74, 6) is 0. The van der Waals surface area contributed by atoms with Crippen LogP contribution in [0.3, 0.4) is 0 Å². The third kappa shape index (κ3) is 5.23. The number of hydrogen-bond acceptors (Lipinski definition) is 3. The van der Waals surface area contributed by atoms with Crippen LogP contribution in [0.1, 0.15) is 36.0 Å². The zero-order valence-corrected chi connectivity index (χ0v) is 14.5. The minimum Gasteiger partial charge on any atom is -0.442 e. The average molecular weight is 326 g/mol. The van der Waals surface area contributed by atoms with Gasteiger partial charge in [-0.15, -0.1) is 0 Å². The van der Waals surface area contributed by atoms with E-state index < -0.39 is 18.2 Å². The zero-order valence-electron chi connectivity index (χ0n) is 16.5. The molecule has 1 amide bonds. The average Bonchev–Trinajstić information content (AvgIpc) is 2.52. The number of nitrogens with zero attached hydrogens (tertiary/aromatic N) is 2. The van der Waals surface area contributed by atoms with Crippen LogP contribution < -0.4 is 0 Å². The molecule has 0 aliphatic rings. The molecule has 0 heterocycles. The molecule has 0 aliphatic heterocycles. The smallest absolute Gasteiger partial charge is 0.431 e. The molecule has 126 valence electrons. The van der Waals surface area contributed by atoms with Crippen molar-refractivity contribution in [3.63, 3.8) is 0 Å². The van der Waals surface area contributed by atoms with Crippen LogP contribution in [-0.4, -0.2) is 29.4 Å². The Bertz CT molecular complexity index is 854. The van der Waals surface area contributed by atoms with E-state index in [1.54, 1.807) is 20.8 Å². The van der Waals surface area contributed by atoms with Crippen LogP contribution in [0.15, 0.2) is 59.7 Å². The summed E-state index contributed by atoms with van der Waals surface area (Å²) in [4.78, 5) is 12.5. The van der Waals surface area contributed by atoms with E-state index in [1.165, 1.54) is 13.1 Å². The van der Waals surface area contributed by atoms with Crippen molar-refractivity contribution in [3.05, 3.63) is 60.2 Å². The van der Waals surface area contributed by atoms with Crippen molar-refractivity contribution in [1.29, 1.82) is 0 Å². The van der Waals surface area contributed by atoms with E-state index in [4.69, 9.17) is 7.48 Å². The van der Waals surface area contributed by atoms with Gasteiger partial charge in [0.25, 0.3) is 0 Å². The second-order valence-electron chi connectivity index (χ2n) is 6.54. The summed E-state index contributed by atoms with van der Waals surface area (Å²) in [6.45, 7) is 8.10. The predicted octanol–water partition coefficient (Wildman–Crippen LogP) is 4.99. The number of amides is 1. The molecule has 0 unspecified atom stereocenters. The van der Waals surface area contributed by atoms with E-state index >= 15 is 0 Å². The highest BCUT2D eigenvalue weighted by atomic mass is 16.6. The van der Waals surface area contributed by atoms with Gasteiger partial charge in [0.1, 0.15) is 5.60 Å². The van der Waals surface area contributed by atoms with Crippen LogP contribution >= 0.6 is 0 Å². The maximum Gasteiger partial charge on any atom is 0.431 e. The normalized spacial score (nSPS) is 13.5. The van der Waals surface area contributed by atoms with Crippen molar-refractivity contribution < 1.29 is 12.3 Å². The minimum absolute atomic E-state index is 0.152. The molecule has 0 aliphatic carbocycles. The lowest BCUT2D eigenvalue weighted by Gasteiger charge is -2.24. The topological polar surface area (TPSA) is 41.9 Å². The number of carbonyl (C=O) groups is 1. The van der Waals surface area contributed by atoms with Gasteiger partial charge in [0.2, 0.25) is 0 Å². The van der Waals surface area contributed by atoms with Crippen LogP contribution in [0.4, 0.5) is 4.79 Å². The summed E-state index contributed by atoms with van der Waals surface area (Å²) >= 11 is 0. The Kier molecular flexibility index (Phi) is 4.54. The second-order valence-corrected chi connectivity index (χ2v) is 6.54. The molecule has 0 saturated heterocycles. The van der Waals surface area contributed by atoms with Gasteiger partial charge in [0, 0.05) is 0 Å². The van der Waals surface area contributed by atoms with Gasteiger partial charge in [-0.3, -0.25) is 0 Å². The monoisotopic (exact) mass is 326 g/mol. The summed E-state index contributed by atoms with van der Waals surface area (Å²) in [6, 6.07) is 13.6. The summed E-state index contributed by atoms with van der Waals surface area (Å²) < 4.78 is 21.6. The third-order valence-electron chi connectivity index (χ3n) is 2.96. The predicted molar refractivity (Wildman–Crippen MR) is 99.3 cm³/mol. The van der Waals surface area contributed by atoms with Crippen molar-refractivity contribution >= 4 is 23.1 Å². The number of carbonyl (C=O) groups excluding carboxylic acids is 1. The largest absolute Gasteiger partial charge is 0.442 e. The highest BCUT2D eigenvalue weighted by Crippen LogP contribution is 2.15. The Morgan fingerprint density at radius 1 is 1.29 bits per heavy atom. The van der Waals surface area contributed by atoms with Gasteiger partial charge in [-0.05, 0) is 50.1 Å². The molecule has 0 spiro atoms. The van der Waals surface area contributed by atoms with Crippen molar-refractivity contribution in [2.75, 3.05) is 6.50 Å². The third-order valence-corrected chi connectivity index (χ3v) is 2.96. The van der Waals surface area contributed by atoms with Crippen LogP contribution in [0, 0.1) is 0 Å². The van der Waals surface area contributed by atoms with E-state index in [-0.39, 0.29) is 5.57 Å². The molecule has 24 heavy (non-hydrogen) atoms. The van der Waals surface area contributed by atoms with Crippen LogP contribution in [0.25, 0.3) is 10.8 Å². The molecule has 4 nitrogen and oxygen atoms in total. The van der Waals surface area contributed by atoms with Crippen molar-refractivity contribution in [1.82, 2.24) is 5.01 Å². The Morgan fingerprint density at radius 2 is 1.96 bits per heavy atom. The lowest BCUT2D eigenvalue weighted by molar-refractivity contribution is 0.0273.